The van der Waals surface area contributed by atoms with E-state index in [1.165, 1.54) is 31.3 Å². The molecule has 5 rings (SSSR count). The number of unbranched alkanes of at least 4 members (excludes halogenated alkanes) is 2. The van der Waals surface area contributed by atoms with Crippen molar-refractivity contribution in [3.8, 4) is 0 Å². The molecule has 2 aromatic carbocycles. The van der Waals surface area contributed by atoms with Crippen molar-refractivity contribution >= 4 is 58.9 Å². The molecule has 2 aromatic rings. The van der Waals surface area contributed by atoms with Crippen LogP contribution in [0, 0.1) is 17.8 Å². The van der Waals surface area contributed by atoms with E-state index in [0.29, 0.717) is 209 Å². The van der Waals surface area contributed by atoms with Gasteiger partial charge in [0.1, 0.15) is 18.1 Å². The standard InChI is InChI=1S/C83H134N8O23/c1-11-62(4)78(71(102-9)59-76(96)89-34-19-24-69(89)79(103-10)64(6)80(97)86-68(58-65-21-14-12-15-22-65)81(98)85-67-28-26-66(27-29-67)60-84-72(92)25-16-13-17-33-90-73(93)30-31-74(90)94)88(7)83(100)77(61(2)3)87-82(99)70-23-18-20-63(5)91(70)75(95)32-35-104-38-39-106-42-43-108-46-47-110-50-51-112-54-55-114-57-56-113-53-52-111-49-48-109-45-44-107-41-40-105-37-36-101-8/h12,14-15,21-22,26-31,61-64,68-71,77-79H,11,13,16-20,23-25,32-60H2,1-10H3,(H,84,92)(H,85,98)(H,86,97)(H,87,99)/t62-,63+,64+,68-,69-,70-,71+,77-,78-,79+/m0/s1. The topological polar surface area (TPSA) is 344 Å². The lowest BCUT2D eigenvalue weighted by Gasteiger charge is -2.42. The van der Waals surface area contributed by atoms with Crippen LogP contribution in [-0.2, 0) is 122 Å². The summed E-state index contributed by atoms with van der Waals surface area (Å²) in [6.07, 6.45) is 6.95. The number of piperidine rings is 1. The highest BCUT2D eigenvalue weighted by atomic mass is 16.6. The number of nitrogens with zero attached hydrogens (tertiary/aromatic N) is 4. The van der Waals surface area contributed by atoms with Gasteiger partial charge in [-0.2, -0.15) is 0 Å². The Morgan fingerprint density at radius 1 is 0.553 bits per heavy atom. The van der Waals surface area contributed by atoms with Crippen molar-refractivity contribution in [3.63, 3.8) is 0 Å². The predicted octanol–water partition coefficient (Wildman–Crippen LogP) is 5.50. The van der Waals surface area contributed by atoms with Crippen LogP contribution >= 0.6 is 0 Å². The molecule has 10 atom stereocenters. The highest BCUT2D eigenvalue weighted by molar-refractivity contribution is 6.12. The van der Waals surface area contributed by atoms with E-state index in [4.69, 9.17) is 66.3 Å². The molecule has 0 unspecified atom stereocenters. The van der Waals surface area contributed by atoms with Crippen molar-refractivity contribution in [2.45, 2.75) is 180 Å². The number of rotatable bonds is 64. The minimum Gasteiger partial charge on any atom is -0.382 e. The van der Waals surface area contributed by atoms with Crippen molar-refractivity contribution in [2.75, 3.05) is 199 Å². The lowest BCUT2D eigenvalue weighted by atomic mass is 9.89. The molecule has 3 aliphatic rings. The summed E-state index contributed by atoms with van der Waals surface area (Å²) in [4.78, 5) is 129. The molecule has 31 heteroatoms. The first-order valence-corrected chi connectivity index (χ1v) is 40.9. The Morgan fingerprint density at radius 3 is 1.56 bits per heavy atom. The molecular formula is C83H134N8O23. The highest BCUT2D eigenvalue weighted by Crippen LogP contribution is 2.31. The van der Waals surface area contributed by atoms with Gasteiger partial charge in [0, 0.05) is 84.7 Å². The van der Waals surface area contributed by atoms with E-state index in [9.17, 15) is 43.2 Å². The number of carbonyl (C=O) groups is 9. The second-order valence-electron chi connectivity index (χ2n) is 29.1. The van der Waals surface area contributed by atoms with Crippen LogP contribution in [0.1, 0.15) is 130 Å². The Bertz CT molecular complexity index is 3080. The van der Waals surface area contributed by atoms with Crippen molar-refractivity contribution < 1.29 is 109 Å². The maximum absolute atomic E-state index is 14.9. The van der Waals surface area contributed by atoms with Gasteiger partial charge in [-0.15, -0.1) is 0 Å². The first-order chi connectivity index (χ1) is 55.2. The van der Waals surface area contributed by atoms with E-state index in [0.717, 1.165) is 17.5 Å². The second-order valence-corrected chi connectivity index (χ2v) is 29.1. The maximum Gasteiger partial charge on any atom is 0.253 e. The van der Waals surface area contributed by atoms with Crippen LogP contribution in [0.15, 0.2) is 66.7 Å². The summed E-state index contributed by atoms with van der Waals surface area (Å²) in [5.41, 5.74) is 2.10. The first-order valence-electron chi connectivity index (χ1n) is 40.9. The van der Waals surface area contributed by atoms with E-state index >= 15 is 0 Å². The molecule has 2 fully saturated rings. The third-order valence-electron chi connectivity index (χ3n) is 20.4. The molecule has 0 aromatic heterocycles. The minimum absolute atomic E-state index is 0.0530. The highest BCUT2D eigenvalue weighted by Gasteiger charge is 2.45. The quantitative estimate of drug-likeness (QED) is 0.0469. The molecule has 0 spiro atoms. The summed E-state index contributed by atoms with van der Waals surface area (Å²) in [6, 6.07) is 12.2. The number of imide groups is 1. The summed E-state index contributed by atoms with van der Waals surface area (Å²) >= 11 is 0. The molecule has 9 amide bonds. The molecule has 114 heavy (non-hydrogen) atoms. The van der Waals surface area contributed by atoms with E-state index in [-0.39, 0.29) is 98.8 Å². The number of benzene rings is 2. The molecule has 0 bridgehead atoms. The van der Waals surface area contributed by atoms with Gasteiger partial charge in [-0.1, -0.05) is 89.9 Å². The lowest BCUT2D eigenvalue weighted by molar-refractivity contribution is -0.150. The van der Waals surface area contributed by atoms with Crippen LogP contribution in [-0.4, -0.2) is 315 Å². The van der Waals surface area contributed by atoms with Crippen LogP contribution in [0.3, 0.4) is 0 Å². The van der Waals surface area contributed by atoms with E-state index in [1.807, 2.05) is 65.0 Å². The Hall–Kier alpha value is -6.95. The third-order valence-corrected chi connectivity index (χ3v) is 20.4. The summed E-state index contributed by atoms with van der Waals surface area (Å²) in [6.45, 7) is 22.3. The fourth-order valence-electron chi connectivity index (χ4n) is 13.9. The Balaban J connectivity index is 0.988. The smallest absolute Gasteiger partial charge is 0.253 e. The van der Waals surface area contributed by atoms with Gasteiger partial charge in [-0.05, 0) is 87.0 Å². The van der Waals surface area contributed by atoms with Gasteiger partial charge in [-0.3, -0.25) is 48.1 Å². The number of likely N-dealkylation sites (N-methyl/N-ethyl adjacent to an activating group) is 1. The van der Waals surface area contributed by atoms with Crippen molar-refractivity contribution in [1.82, 2.24) is 35.6 Å². The zero-order valence-electron chi connectivity index (χ0n) is 69.5. The van der Waals surface area contributed by atoms with Gasteiger partial charge in [0.05, 0.1) is 195 Å². The summed E-state index contributed by atoms with van der Waals surface area (Å²) in [5, 5.41) is 11.9. The SMILES string of the molecule is CC[C@H](C)[C@@H]([C@@H](CC(=O)N1CCC[C@H]1[C@H](OC)[C@@H](C)C(=O)N[C@@H](Cc1ccccc1)C(=O)Nc1ccc(CNC(=O)CCCCCN2C(=O)C=CC2=O)cc1)OC)N(C)C(=O)[C@@H](NC(=O)[C@@H]1CCC[C@@H](C)N1C(=O)CCOCCOCCOCCOCCOCCOCCOCCOCCOCCOCCOCCOC)C(C)C. The fraction of sp³-hybridized carbons (Fsp3) is 0.723. The van der Waals surface area contributed by atoms with Crippen LogP contribution in [0.2, 0.25) is 0 Å². The lowest BCUT2D eigenvalue weighted by Crippen LogP contribution is -2.61. The normalized spacial score (nSPS) is 17.5. The molecule has 3 heterocycles. The van der Waals surface area contributed by atoms with Crippen LogP contribution < -0.4 is 21.3 Å². The van der Waals surface area contributed by atoms with Gasteiger partial charge in [0.25, 0.3) is 11.8 Å². The number of ether oxygens (including phenoxy) is 14. The maximum atomic E-state index is 14.9. The number of amides is 9. The van der Waals surface area contributed by atoms with Gasteiger partial charge < -0.3 is 102 Å². The molecule has 2 saturated heterocycles. The van der Waals surface area contributed by atoms with Crippen LogP contribution in [0.25, 0.3) is 0 Å². The molecular weight excluding hydrogens is 1480 g/mol. The number of methoxy groups -OCH3 is 3. The number of carbonyl (C=O) groups excluding carboxylic acids is 9. The number of hydrogen-bond donors (Lipinski definition) is 4. The molecule has 644 valence electrons. The minimum atomic E-state index is -1.01. The van der Waals surface area contributed by atoms with Crippen molar-refractivity contribution in [3.05, 3.63) is 77.9 Å². The number of hydrogen-bond acceptors (Lipinski definition) is 23. The molecule has 0 saturated carbocycles. The average molecular weight is 1610 g/mol. The Labute approximate surface area is 675 Å². The van der Waals surface area contributed by atoms with E-state index in [1.54, 1.807) is 60.0 Å². The Morgan fingerprint density at radius 2 is 1.07 bits per heavy atom. The number of nitrogens with one attached hydrogen (secondary N) is 4. The summed E-state index contributed by atoms with van der Waals surface area (Å²) in [5.74, 6) is -4.26. The largest absolute Gasteiger partial charge is 0.382 e. The average Bonchev–Trinajstić information content (AvgIpc) is 1.78. The molecule has 3 aliphatic heterocycles. The fourth-order valence-corrected chi connectivity index (χ4v) is 13.9. The molecule has 4 N–H and O–H groups in total. The molecule has 0 radical (unpaired) electrons. The van der Waals surface area contributed by atoms with Gasteiger partial charge in [0.2, 0.25) is 41.4 Å². The van der Waals surface area contributed by atoms with Gasteiger partial charge in [0.15, 0.2) is 0 Å². The first kappa shape index (κ1) is 97.6. The summed E-state index contributed by atoms with van der Waals surface area (Å²) in [7, 11) is 6.34. The number of likely N-dealkylation sites (tertiary alicyclic amines) is 2. The monoisotopic (exact) mass is 1610 g/mol. The third kappa shape index (κ3) is 36.7. The van der Waals surface area contributed by atoms with Crippen molar-refractivity contribution in [1.29, 1.82) is 0 Å². The second kappa shape index (κ2) is 58.0. The number of anilines is 1. The van der Waals surface area contributed by atoms with Gasteiger partial charge >= 0.3 is 0 Å². The van der Waals surface area contributed by atoms with Gasteiger partial charge in [-0.25, -0.2) is 0 Å². The predicted molar refractivity (Wildman–Crippen MR) is 426 cm³/mol. The van der Waals surface area contributed by atoms with Crippen molar-refractivity contribution in [2.24, 2.45) is 17.8 Å². The van der Waals surface area contributed by atoms with Crippen LogP contribution in [0.5, 0.6) is 0 Å². The summed E-state index contributed by atoms with van der Waals surface area (Å²) < 4.78 is 78.2. The zero-order chi connectivity index (χ0) is 82.7. The van der Waals surface area contributed by atoms with E-state index < -0.39 is 66.1 Å². The van der Waals surface area contributed by atoms with Crippen LogP contribution in [0.4, 0.5) is 5.69 Å². The zero-order valence-corrected chi connectivity index (χ0v) is 69.5. The molecule has 31 nitrogen and oxygen atoms in total. The molecule has 0 aliphatic carbocycles. The van der Waals surface area contributed by atoms with E-state index in [2.05, 4.69) is 21.3 Å². The Kier molecular flexibility index (Phi) is 49.7.